The first kappa shape index (κ1) is 124. The number of carboxylic acids is 1. The maximum Gasteiger partial charge on any atom is 0.410 e. The van der Waals surface area contributed by atoms with Gasteiger partial charge in [0.15, 0.2) is 11.6 Å². The van der Waals surface area contributed by atoms with Crippen LogP contribution in [0.5, 0.6) is 0 Å². The number of aromatic nitrogens is 4. The van der Waals surface area contributed by atoms with Crippen LogP contribution in [0, 0.1) is 11.3 Å². The smallest absolute Gasteiger partial charge is 0.410 e. The molecule has 6 rings (SSSR count). The number of fused-ring (bicyclic) bond motifs is 2. The van der Waals surface area contributed by atoms with Gasteiger partial charge in [0.2, 0.25) is 0 Å². The average Bonchev–Trinajstić information content (AvgIpc) is 1.64. The lowest BCUT2D eigenvalue weighted by atomic mass is 9.99. The maximum absolute atomic E-state index is 12.0. The molecule has 4 aliphatic heterocycles. The predicted molar refractivity (Wildman–Crippen MR) is 434 cm³/mol. The molecule has 2 saturated heterocycles. The van der Waals surface area contributed by atoms with Crippen molar-refractivity contribution in [1.82, 2.24) is 60.4 Å². The van der Waals surface area contributed by atoms with Crippen molar-refractivity contribution in [2.75, 3.05) is 111 Å². The van der Waals surface area contributed by atoms with Crippen LogP contribution in [0.15, 0.2) is 36.8 Å². The molecular formula is C77H146N14O22. The van der Waals surface area contributed by atoms with Gasteiger partial charge in [0, 0.05) is 95.0 Å². The molecule has 656 valence electrons. The van der Waals surface area contributed by atoms with E-state index >= 15 is 0 Å². The van der Waals surface area contributed by atoms with Crippen LogP contribution in [0.2, 0.25) is 0 Å². The SMILES string of the molecule is C.C.C.C.C.C.C.C.CC(C)(N)C(=O)O.CC1(C)NCc2cncnc21.COC(=O)C(C)(C)NCCC#N.COC(=O)CCN(C(=O)OC)C(C)(C)C(=O)OC.COC(=O)CCNC(C)(C)C(=O)OC.COC(=O)N1C/C(=C\N(C)C)C(=O)C1(C)C.COC(=O)N1CCC(=O)C1(C)C.COC(=O)N1Cc2cncnc2C1(C)C. The third kappa shape index (κ3) is 38.6. The zero-order valence-electron chi connectivity index (χ0n) is 66.2. The van der Waals surface area contributed by atoms with E-state index in [9.17, 15) is 57.5 Å². The average molecular weight is 1620 g/mol. The van der Waals surface area contributed by atoms with Crippen LogP contribution in [0.4, 0.5) is 19.2 Å². The monoisotopic (exact) mass is 1620 g/mol. The summed E-state index contributed by atoms with van der Waals surface area (Å²) in [4.78, 5) is 159. The van der Waals surface area contributed by atoms with Crippen molar-refractivity contribution in [2.45, 2.75) is 253 Å². The van der Waals surface area contributed by atoms with Gasteiger partial charge in [0.1, 0.15) is 40.3 Å². The van der Waals surface area contributed by atoms with Crippen LogP contribution >= 0.6 is 0 Å². The number of nitrogens with two attached hydrogens (primary N) is 1. The summed E-state index contributed by atoms with van der Waals surface area (Å²) in [6.45, 7) is 30.8. The molecule has 0 bridgehead atoms. The second-order valence-corrected chi connectivity index (χ2v) is 27.6. The van der Waals surface area contributed by atoms with E-state index in [4.69, 9.17) is 20.8 Å². The molecular weight excluding hydrogens is 1470 g/mol. The van der Waals surface area contributed by atoms with E-state index in [1.165, 1.54) is 113 Å². The van der Waals surface area contributed by atoms with Crippen LogP contribution in [0.25, 0.3) is 0 Å². The quantitative estimate of drug-likeness (QED) is 0.0451. The van der Waals surface area contributed by atoms with Gasteiger partial charge in [-0.3, -0.25) is 53.2 Å². The molecule has 2 fully saturated rings. The van der Waals surface area contributed by atoms with Crippen molar-refractivity contribution in [3.05, 3.63) is 59.3 Å². The number of rotatable bonds is 16. The van der Waals surface area contributed by atoms with Gasteiger partial charge >= 0.3 is 60.2 Å². The van der Waals surface area contributed by atoms with Gasteiger partial charge in [-0.15, -0.1) is 0 Å². The third-order valence-electron chi connectivity index (χ3n) is 16.2. The van der Waals surface area contributed by atoms with Crippen LogP contribution in [0.3, 0.4) is 0 Å². The number of amides is 4. The normalized spacial score (nSPS) is 14.4. The van der Waals surface area contributed by atoms with E-state index in [1.807, 2.05) is 40.2 Å². The first-order chi connectivity index (χ1) is 48.3. The number of aliphatic carboxylic acids is 1. The van der Waals surface area contributed by atoms with Crippen LogP contribution in [0.1, 0.15) is 218 Å². The molecule has 113 heavy (non-hydrogen) atoms. The Morgan fingerprint density at radius 3 is 1.35 bits per heavy atom. The zero-order valence-corrected chi connectivity index (χ0v) is 66.2. The van der Waals surface area contributed by atoms with Gasteiger partial charge in [-0.25, -0.2) is 43.9 Å². The summed E-state index contributed by atoms with van der Waals surface area (Å²) in [5.41, 5.74) is 4.23. The molecule has 4 aliphatic rings. The fourth-order valence-electron chi connectivity index (χ4n) is 9.56. The summed E-state index contributed by atoms with van der Waals surface area (Å²) < 4.78 is 41.2. The molecule has 0 aromatic carbocycles. The number of likely N-dealkylation sites (tertiary alicyclic amines) is 2. The van der Waals surface area contributed by atoms with E-state index in [1.54, 1.807) is 83.9 Å². The Balaban J connectivity index is -0.000000134. The minimum Gasteiger partial charge on any atom is -0.480 e. The number of methoxy groups -OCH3 is 9. The number of carbonyl (C=O) groups excluding carboxylic acids is 11. The van der Waals surface area contributed by atoms with E-state index in [0.717, 1.165) is 28.4 Å². The summed E-state index contributed by atoms with van der Waals surface area (Å²) in [6, 6.07) is 1.98. The van der Waals surface area contributed by atoms with Crippen molar-refractivity contribution >= 4 is 71.8 Å². The highest BCUT2D eigenvalue weighted by molar-refractivity contribution is 6.07. The molecule has 0 spiro atoms. The first-order valence-electron chi connectivity index (χ1n) is 32.8. The highest BCUT2D eigenvalue weighted by Gasteiger charge is 2.48. The van der Waals surface area contributed by atoms with Crippen molar-refractivity contribution in [3.63, 3.8) is 0 Å². The van der Waals surface area contributed by atoms with E-state index in [-0.39, 0.29) is 120 Å². The number of hydrogen-bond donors (Lipinski definition) is 5. The van der Waals surface area contributed by atoms with Crippen molar-refractivity contribution in [2.24, 2.45) is 5.73 Å². The lowest BCUT2D eigenvalue weighted by Gasteiger charge is -2.34. The Labute approximate surface area is 675 Å². The number of carboxylic acid groups (broad SMARTS) is 1. The van der Waals surface area contributed by atoms with E-state index in [0.29, 0.717) is 51.1 Å². The summed E-state index contributed by atoms with van der Waals surface area (Å²) >= 11 is 0. The standard InChI is InChI=1S/C11H18N2O3.C11H19NO6.C10H13N3O2.C9H17NO4.C8H11N3.C8H14N2O2.C8H13NO3.C4H9NO2.8CH4/c1-11(2)9(14)8(6-12(3)4)7-13(11)10(15)16-5;1-11(2,9(14)17-4)12(10(15)18-5)7-6-8(13)16-3;1-10(2)8-7(4-11-6-12-8)5-13(10)9(14)15-3;1-9(2,8(12)14-4)10-6-5-7(11)13-3;1-8(2)7-6(4-11-8)3-9-5-10-7;1-8(2,7(11)12-3)10-6-4-5-9;1-8(2)6(10)4-5-9(8)7(11)12-3;1-4(2,5)3(6)7;;;;;;;;/h6H,7H2,1-5H3;6-7H2,1-5H3;4,6H,5H2,1-3H3;10H,5-6H2,1-4H3;3,5,11H,4H2,1-2H3;10H,4,6H2,1-3H3;4-5H2,1-3H3;5H2,1-2H3,(H,6,7);8*1H4/b8-6+;;;;;;;;;;;;;;;. The summed E-state index contributed by atoms with van der Waals surface area (Å²) in [5.74, 6) is -2.99. The van der Waals surface area contributed by atoms with E-state index < -0.39 is 75.0 Å². The largest absolute Gasteiger partial charge is 0.480 e. The number of nitrogens with one attached hydrogen (secondary N) is 3. The Kier molecular flexibility index (Phi) is 61.2. The Bertz CT molecular complexity index is 3340. The molecule has 0 unspecified atom stereocenters. The fraction of sp³-hybridized carbons (Fsp3) is 0.701. The molecule has 2 aromatic heterocycles. The number of hydrogen-bond acceptors (Lipinski definition) is 31. The second-order valence-electron chi connectivity index (χ2n) is 27.6. The van der Waals surface area contributed by atoms with Gasteiger partial charge < -0.3 is 74.3 Å². The lowest BCUT2D eigenvalue weighted by molar-refractivity contribution is -0.153. The minimum absolute atomic E-state index is 0. The van der Waals surface area contributed by atoms with Crippen LogP contribution in [-0.4, -0.2) is 265 Å². The Morgan fingerprint density at radius 1 is 0.575 bits per heavy atom. The molecule has 36 nitrogen and oxygen atoms in total. The Hall–Kier alpha value is -9.73. The number of ketones is 2. The maximum atomic E-state index is 12.0. The summed E-state index contributed by atoms with van der Waals surface area (Å²) in [6.07, 6.45) is 7.54. The molecule has 0 saturated carbocycles. The molecule has 36 heteroatoms. The molecule has 6 heterocycles. The van der Waals surface area contributed by atoms with Crippen LogP contribution < -0.4 is 21.7 Å². The van der Waals surface area contributed by atoms with Gasteiger partial charge in [-0.05, 0) is 111 Å². The number of carbonyl (C=O) groups is 12. The van der Waals surface area contributed by atoms with Crippen molar-refractivity contribution in [3.8, 4) is 6.07 Å². The molecule has 0 atom stereocenters. The van der Waals surface area contributed by atoms with Gasteiger partial charge in [-0.2, -0.15) is 5.26 Å². The number of nitriles is 1. The van der Waals surface area contributed by atoms with Gasteiger partial charge in [-0.1, -0.05) is 59.4 Å². The van der Waals surface area contributed by atoms with Crippen molar-refractivity contribution < 1.29 is 105 Å². The number of Topliss-reactive ketones (excluding diaryl/α,β-unsaturated/α-hetero) is 2. The third-order valence-corrected chi connectivity index (χ3v) is 16.2. The summed E-state index contributed by atoms with van der Waals surface area (Å²) in [7, 11) is 15.4. The summed E-state index contributed by atoms with van der Waals surface area (Å²) in [5, 5.41) is 25.5. The molecule has 2 aromatic rings. The number of ether oxygens (including phenoxy) is 9. The molecule has 6 N–H and O–H groups in total. The lowest BCUT2D eigenvalue weighted by Crippen LogP contribution is -2.54. The number of nitrogens with zero attached hydrogens (tertiary/aromatic N) is 10. The minimum atomic E-state index is -1.23. The zero-order chi connectivity index (χ0) is 82.0. The predicted octanol–water partition coefficient (Wildman–Crippen LogP) is 9.77. The fourth-order valence-corrected chi connectivity index (χ4v) is 9.56. The molecule has 0 radical (unpaired) electrons. The number of esters is 5. The Morgan fingerprint density at radius 2 is 0.982 bits per heavy atom. The highest BCUT2D eigenvalue weighted by atomic mass is 16.6. The van der Waals surface area contributed by atoms with Gasteiger partial charge in [0.05, 0.1) is 124 Å². The van der Waals surface area contributed by atoms with Crippen LogP contribution in [-0.2, 0) is 105 Å². The molecule has 4 amide bonds. The van der Waals surface area contributed by atoms with Gasteiger partial charge in [0.25, 0.3) is 0 Å². The second kappa shape index (κ2) is 55.7. The van der Waals surface area contributed by atoms with E-state index in [2.05, 4.69) is 87.6 Å². The topological polar surface area (TPSA) is 462 Å². The first-order valence-corrected chi connectivity index (χ1v) is 32.8. The van der Waals surface area contributed by atoms with Crippen molar-refractivity contribution in [1.29, 1.82) is 5.26 Å². The molecule has 0 aliphatic carbocycles. The highest BCUT2D eigenvalue weighted by Crippen LogP contribution is 2.37.